The highest BCUT2D eigenvalue weighted by atomic mass is 32.2. The first-order valence-electron chi connectivity index (χ1n) is 4.56. The number of rotatable bonds is 3. The molecule has 1 aromatic carbocycles. The summed E-state index contributed by atoms with van der Waals surface area (Å²) in [6, 6.07) is 4.70. The third kappa shape index (κ3) is 2.36. The molecule has 2 rings (SSSR count). The molecule has 17 heavy (non-hydrogen) atoms. The Balaban J connectivity index is 2.35. The molecule has 0 aliphatic heterocycles. The number of nitrogens with zero attached hydrogens (tertiary/aromatic N) is 1. The predicted molar refractivity (Wildman–Crippen MR) is 60.2 cm³/mol. The molecule has 2 aromatic rings. The summed E-state index contributed by atoms with van der Waals surface area (Å²) >= 11 is 0. The molecule has 0 atom stereocenters. The summed E-state index contributed by atoms with van der Waals surface area (Å²) in [5.41, 5.74) is 5.16. The van der Waals surface area contributed by atoms with Gasteiger partial charge in [0.25, 0.3) is 10.0 Å². The van der Waals surface area contributed by atoms with Gasteiger partial charge in [0.05, 0.1) is 16.8 Å². The second kappa shape index (κ2) is 4.06. The van der Waals surface area contributed by atoms with Gasteiger partial charge in [-0.1, -0.05) is 0 Å². The minimum absolute atomic E-state index is 0.106. The molecule has 1 heterocycles. The van der Waals surface area contributed by atoms with E-state index in [1.54, 1.807) is 0 Å². The number of nitrogens with one attached hydrogen (secondary N) is 2. The van der Waals surface area contributed by atoms with Crippen molar-refractivity contribution >= 4 is 21.5 Å². The van der Waals surface area contributed by atoms with Crippen LogP contribution in [0.1, 0.15) is 0 Å². The van der Waals surface area contributed by atoms with Gasteiger partial charge in [-0.25, -0.2) is 12.8 Å². The Morgan fingerprint density at radius 3 is 2.71 bits per heavy atom. The Morgan fingerprint density at radius 2 is 2.12 bits per heavy atom. The number of H-pyrrole nitrogens is 1. The molecular weight excluding hydrogens is 247 g/mol. The van der Waals surface area contributed by atoms with E-state index in [1.807, 2.05) is 0 Å². The van der Waals surface area contributed by atoms with Crippen molar-refractivity contribution in [3.8, 4) is 0 Å². The Bertz CT molecular complexity index is 624. The fourth-order valence-corrected chi connectivity index (χ4v) is 2.22. The zero-order valence-electron chi connectivity index (χ0n) is 8.51. The third-order valence-corrected chi connectivity index (χ3v) is 3.39. The number of nitrogen functional groups attached to an aromatic ring is 1. The normalized spacial score (nSPS) is 11.4. The van der Waals surface area contributed by atoms with Crippen LogP contribution in [0, 0.1) is 5.82 Å². The summed E-state index contributed by atoms with van der Waals surface area (Å²) in [7, 11) is -3.84. The lowest BCUT2D eigenvalue weighted by atomic mass is 10.3. The molecule has 0 saturated heterocycles. The van der Waals surface area contributed by atoms with Crippen LogP contribution in [0.4, 0.5) is 15.9 Å². The highest BCUT2D eigenvalue weighted by molar-refractivity contribution is 7.92. The largest absolute Gasteiger partial charge is 0.396 e. The van der Waals surface area contributed by atoms with Crippen LogP contribution in [0.25, 0.3) is 0 Å². The lowest BCUT2D eigenvalue weighted by molar-refractivity contribution is 0.596. The van der Waals surface area contributed by atoms with Crippen molar-refractivity contribution in [3.05, 3.63) is 36.3 Å². The Labute approximate surface area is 96.7 Å². The minimum Gasteiger partial charge on any atom is -0.396 e. The molecular formula is C9H9FN4O2S. The van der Waals surface area contributed by atoms with Crippen molar-refractivity contribution in [1.82, 2.24) is 10.2 Å². The highest BCUT2D eigenvalue weighted by Crippen LogP contribution is 2.18. The van der Waals surface area contributed by atoms with Gasteiger partial charge < -0.3 is 5.73 Å². The Morgan fingerprint density at radius 1 is 1.35 bits per heavy atom. The smallest absolute Gasteiger partial charge is 0.263 e. The molecule has 4 N–H and O–H groups in total. The van der Waals surface area contributed by atoms with Crippen molar-refractivity contribution in [1.29, 1.82) is 0 Å². The molecule has 0 fully saturated rings. The van der Waals surface area contributed by atoms with Crippen LogP contribution < -0.4 is 10.5 Å². The standard InChI is InChI=1S/C9H9FN4O2S/c10-7-5-6(1-2-8(7)11)17(15,16)14-9-3-4-12-13-9/h1-5H,11H2,(H2,12,13,14). The SMILES string of the molecule is Nc1ccc(S(=O)(=O)Nc2ccn[nH]2)cc1F. The molecule has 90 valence electrons. The average Bonchev–Trinajstić information content (AvgIpc) is 2.73. The molecule has 6 nitrogen and oxygen atoms in total. The molecule has 0 amide bonds. The first-order valence-corrected chi connectivity index (χ1v) is 6.04. The number of aromatic amines is 1. The summed E-state index contributed by atoms with van der Waals surface area (Å²) in [5, 5.41) is 6.02. The van der Waals surface area contributed by atoms with Crippen molar-refractivity contribution in [2.24, 2.45) is 0 Å². The molecule has 0 saturated carbocycles. The molecule has 0 aliphatic rings. The molecule has 0 aliphatic carbocycles. The zero-order valence-corrected chi connectivity index (χ0v) is 9.33. The van der Waals surface area contributed by atoms with Crippen LogP contribution in [0.3, 0.4) is 0 Å². The number of anilines is 2. The lowest BCUT2D eigenvalue weighted by Gasteiger charge is -2.06. The minimum atomic E-state index is -3.84. The Hall–Kier alpha value is -2.09. The van der Waals surface area contributed by atoms with Gasteiger partial charge in [0.1, 0.15) is 11.6 Å². The van der Waals surface area contributed by atoms with Gasteiger partial charge in [0.2, 0.25) is 0 Å². The van der Waals surface area contributed by atoms with Crippen LogP contribution in [-0.2, 0) is 10.0 Å². The number of hydrogen-bond acceptors (Lipinski definition) is 4. The number of halogens is 1. The lowest BCUT2D eigenvalue weighted by Crippen LogP contribution is -2.13. The zero-order chi connectivity index (χ0) is 12.5. The molecule has 8 heteroatoms. The maximum atomic E-state index is 13.2. The van der Waals surface area contributed by atoms with Gasteiger partial charge in [-0.15, -0.1) is 0 Å². The van der Waals surface area contributed by atoms with Gasteiger partial charge in [-0.3, -0.25) is 9.82 Å². The maximum Gasteiger partial charge on any atom is 0.263 e. The van der Waals surface area contributed by atoms with Gasteiger partial charge in [-0.2, -0.15) is 5.10 Å². The van der Waals surface area contributed by atoms with Gasteiger partial charge >= 0.3 is 0 Å². The molecule has 0 radical (unpaired) electrons. The summed E-state index contributed by atoms with van der Waals surface area (Å²) in [5.74, 6) is -0.584. The first-order chi connectivity index (χ1) is 7.99. The maximum absolute atomic E-state index is 13.2. The number of aromatic nitrogens is 2. The van der Waals surface area contributed by atoms with Crippen molar-refractivity contribution in [3.63, 3.8) is 0 Å². The number of sulfonamides is 1. The fraction of sp³-hybridized carbons (Fsp3) is 0. The van der Waals surface area contributed by atoms with E-state index in [0.717, 1.165) is 6.07 Å². The van der Waals surface area contributed by atoms with E-state index in [4.69, 9.17) is 5.73 Å². The monoisotopic (exact) mass is 256 g/mol. The van der Waals surface area contributed by atoms with Gasteiger partial charge in [0, 0.05) is 6.07 Å². The Kier molecular flexibility index (Phi) is 2.72. The van der Waals surface area contributed by atoms with Gasteiger partial charge in [0.15, 0.2) is 0 Å². The fourth-order valence-electron chi connectivity index (χ4n) is 1.19. The van der Waals surface area contributed by atoms with Crippen LogP contribution in [0.15, 0.2) is 35.4 Å². The summed E-state index contributed by atoms with van der Waals surface area (Å²) in [6.07, 6.45) is 1.39. The van der Waals surface area contributed by atoms with E-state index >= 15 is 0 Å². The van der Waals surface area contributed by atoms with Crippen LogP contribution >= 0.6 is 0 Å². The van der Waals surface area contributed by atoms with E-state index in [1.165, 1.54) is 24.4 Å². The topological polar surface area (TPSA) is 101 Å². The van der Waals surface area contributed by atoms with E-state index in [9.17, 15) is 12.8 Å². The predicted octanol–water partition coefficient (Wildman–Crippen LogP) is 0.932. The summed E-state index contributed by atoms with van der Waals surface area (Å²) in [4.78, 5) is -0.209. The van der Waals surface area contributed by atoms with E-state index < -0.39 is 15.8 Å². The van der Waals surface area contributed by atoms with Crippen LogP contribution in [0.5, 0.6) is 0 Å². The summed E-state index contributed by atoms with van der Waals surface area (Å²) < 4.78 is 39.0. The van der Waals surface area contributed by atoms with Crippen LogP contribution in [0.2, 0.25) is 0 Å². The molecule has 0 unspecified atom stereocenters. The number of hydrogen-bond donors (Lipinski definition) is 3. The quantitative estimate of drug-likeness (QED) is 0.711. The third-order valence-electron chi connectivity index (χ3n) is 2.03. The van der Waals surface area contributed by atoms with E-state index in [2.05, 4.69) is 14.9 Å². The second-order valence-corrected chi connectivity index (χ2v) is 4.94. The number of nitrogens with two attached hydrogens (primary N) is 1. The first kappa shape index (κ1) is 11.4. The second-order valence-electron chi connectivity index (χ2n) is 3.26. The van der Waals surface area contributed by atoms with Crippen molar-refractivity contribution in [2.45, 2.75) is 4.90 Å². The molecule has 0 bridgehead atoms. The van der Waals surface area contributed by atoms with Crippen molar-refractivity contribution in [2.75, 3.05) is 10.5 Å². The van der Waals surface area contributed by atoms with Gasteiger partial charge in [-0.05, 0) is 18.2 Å². The molecule has 0 spiro atoms. The van der Waals surface area contributed by atoms with E-state index in [0.29, 0.717) is 0 Å². The van der Waals surface area contributed by atoms with Crippen LogP contribution in [-0.4, -0.2) is 18.6 Å². The summed E-state index contributed by atoms with van der Waals surface area (Å²) in [6.45, 7) is 0. The average molecular weight is 256 g/mol. The van der Waals surface area contributed by atoms with Crippen molar-refractivity contribution < 1.29 is 12.8 Å². The highest BCUT2D eigenvalue weighted by Gasteiger charge is 2.16. The number of benzene rings is 1. The molecule has 1 aromatic heterocycles. The van der Waals surface area contributed by atoms with E-state index in [-0.39, 0.29) is 16.4 Å².